The van der Waals surface area contributed by atoms with E-state index >= 15 is 0 Å². The lowest BCUT2D eigenvalue weighted by Gasteiger charge is -2.13. The Balaban J connectivity index is 1.71. The molecule has 0 saturated heterocycles. The quantitative estimate of drug-likeness (QED) is 0.781. The highest BCUT2D eigenvalue weighted by atomic mass is 15.2. The molecule has 0 aliphatic heterocycles. The molecule has 0 fully saturated rings. The Morgan fingerprint density at radius 3 is 2.71 bits per heavy atom. The highest BCUT2D eigenvalue weighted by molar-refractivity contribution is 5.56. The van der Waals surface area contributed by atoms with Crippen molar-refractivity contribution in [3.8, 4) is 11.3 Å². The third-order valence-electron chi connectivity index (χ3n) is 3.62. The van der Waals surface area contributed by atoms with Gasteiger partial charge < -0.3 is 10.3 Å². The second-order valence-electron chi connectivity index (χ2n) is 5.18. The summed E-state index contributed by atoms with van der Waals surface area (Å²) >= 11 is 0. The molecule has 5 nitrogen and oxygen atoms in total. The summed E-state index contributed by atoms with van der Waals surface area (Å²) in [6.45, 7) is 0.834. The van der Waals surface area contributed by atoms with E-state index in [1.54, 1.807) is 4.68 Å². The van der Waals surface area contributed by atoms with Crippen LogP contribution in [0.25, 0.3) is 11.3 Å². The summed E-state index contributed by atoms with van der Waals surface area (Å²) in [4.78, 5) is 4.24. The zero-order valence-electron chi connectivity index (χ0n) is 12.1. The molecule has 2 aromatic heterocycles. The van der Waals surface area contributed by atoms with Crippen molar-refractivity contribution in [3.05, 3.63) is 60.8 Å². The van der Waals surface area contributed by atoms with Crippen molar-refractivity contribution in [1.82, 2.24) is 19.3 Å². The highest BCUT2D eigenvalue weighted by Gasteiger charge is 2.10. The van der Waals surface area contributed by atoms with Gasteiger partial charge in [0, 0.05) is 31.4 Å². The standard InChI is InChI=1S/C16H19N5/c1-20-11-14(9-19-20)16-10-18-12-21(16)8-7-15(17)13-5-3-2-4-6-13/h2-6,9-12,15H,7-8,17H2,1H3. The van der Waals surface area contributed by atoms with Crippen molar-refractivity contribution in [1.29, 1.82) is 0 Å². The minimum absolute atomic E-state index is 0.0374. The van der Waals surface area contributed by atoms with Crippen LogP contribution in [0, 0.1) is 0 Å². The van der Waals surface area contributed by atoms with Crippen LogP contribution in [0.5, 0.6) is 0 Å². The number of imidazole rings is 1. The third kappa shape index (κ3) is 3.03. The molecule has 3 aromatic rings. The first-order valence-corrected chi connectivity index (χ1v) is 7.04. The molecule has 0 amide bonds. The normalized spacial score (nSPS) is 12.5. The summed E-state index contributed by atoms with van der Waals surface area (Å²) in [5.74, 6) is 0. The lowest BCUT2D eigenvalue weighted by Crippen LogP contribution is -2.13. The van der Waals surface area contributed by atoms with Gasteiger partial charge in [-0.15, -0.1) is 0 Å². The fourth-order valence-corrected chi connectivity index (χ4v) is 2.44. The Morgan fingerprint density at radius 2 is 2.00 bits per heavy atom. The molecule has 0 saturated carbocycles. The summed E-state index contributed by atoms with van der Waals surface area (Å²) in [5.41, 5.74) is 9.57. The maximum atomic E-state index is 6.25. The van der Waals surface area contributed by atoms with Gasteiger partial charge in [0.05, 0.1) is 24.4 Å². The molecule has 5 heteroatoms. The first kappa shape index (κ1) is 13.6. The number of benzene rings is 1. The average molecular weight is 281 g/mol. The summed E-state index contributed by atoms with van der Waals surface area (Å²) in [6.07, 6.45) is 8.42. The van der Waals surface area contributed by atoms with Gasteiger partial charge in [0.25, 0.3) is 0 Å². The number of aryl methyl sites for hydroxylation is 2. The number of nitrogens with zero attached hydrogens (tertiary/aromatic N) is 4. The summed E-state index contributed by atoms with van der Waals surface area (Å²) in [5, 5.41) is 4.21. The molecule has 0 spiro atoms. The van der Waals surface area contributed by atoms with Gasteiger partial charge in [-0.25, -0.2) is 4.98 Å². The lowest BCUT2D eigenvalue weighted by atomic mass is 10.0. The van der Waals surface area contributed by atoms with E-state index in [0.717, 1.165) is 24.2 Å². The third-order valence-corrected chi connectivity index (χ3v) is 3.62. The minimum atomic E-state index is 0.0374. The molecule has 1 atom stereocenters. The van der Waals surface area contributed by atoms with Crippen LogP contribution < -0.4 is 5.73 Å². The molecule has 3 rings (SSSR count). The molecule has 21 heavy (non-hydrogen) atoms. The second-order valence-corrected chi connectivity index (χ2v) is 5.18. The van der Waals surface area contributed by atoms with Gasteiger partial charge in [-0.1, -0.05) is 30.3 Å². The number of nitrogens with two attached hydrogens (primary N) is 1. The summed E-state index contributed by atoms with van der Waals surface area (Å²) in [6, 6.07) is 10.2. The SMILES string of the molecule is Cn1cc(-c2cncn2CCC(N)c2ccccc2)cn1. The molecule has 0 radical (unpaired) electrons. The molecule has 108 valence electrons. The van der Waals surface area contributed by atoms with E-state index in [1.165, 1.54) is 5.56 Å². The topological polar surface area (TPSA) is 61.7 Å². The number of aromatic nitrogens is 4. The summed E-state index contributed by atoms with van der Waals surface area (Å²) < 4.78 is 3.92. The van der Waals surface area contributed by atoms with Crippen LogP contribution in [0.4, 0.5) is 0 Å². The molecule has 1 aromatic carbocycles. The molecule has 1 unspecified atom stereocenters. The van der Waals surface area contributed by atoms with Crippen molar-refractivity contribution in [2.45, 2.75) is 19.0 Å². The zero-order chi connectivity index (χ0) is 14.7. The van der Waals surface area contributed by atoms with Gasteiger partial charge in [-0.3, -0.25) is 4.68 Å². The first-order valence-electron chi connectivity index (χ1n) is 7.04. The Hall–Kier alpha value is -2.40. The van der Waals surface area contributed by atoms with Crippen LogP contribution in [0.1, 0.15) is 18.0 Å². The lowest BCUT2D eigenvalue weighted by molar-refractivity contribution is 0.563. The van der Waals surface area contributed by atoms with E-state index < -0.39 is 0 Å². The maximum absolute atomic E-state index is 6.25. The van der Waals surface area contributed by atoms with Crippen molar-refractivity contribution in [2.24, 2.45) is 12.8 Å². The van der Waals surface area contributed by atoms with Gasteiger partial charge in [-0.2, -0.15) is 5.10 Å². The van der Waals surface area contributed by atoms with Crippen molar-refractivity contribution in [3.63, 3.8) is 0 Å². The van der Waals surface area contributed by atoms with Crippen LogP contribution in [-0.2, 0) is 13.6 Å². The number of rotatable bonds is 5. The van der Waals surface area contributed by atoms with E-state index in [9.17, 15) is 0 Å². The number of hydrogen-bond acceptors (Lipinski definition) is 3. The average Bonchev–Trinajstić information content (AvgIpc) is 3.14. The van der Waals surface area contributed by atoms with Crippen molar-refractivity contribution < 1.29 is 0 Å². The highest BCUT2D eigenvalue weighted by Crippen LogP contribution is 2.20. The van der Waals surface area contributed by atoms with E-state index in [2.05, 4.69) is 26.8 Å². The zero-order valence-corrected chi connectivity index (χ0v) is 12.1. The van der Waals surface area contributed by atoms with Crippen LogP contribution >= 0.6 is 0 Å². The molecular formula is C16H19N5. The van der Waals surface area contributed by atoms with Crippen molar-refractivity contribution in [2.75, 3.05) is 0 Å². The second kappa shape index (κ2) is 5.93. The van der Waals surface area contributed by atoms with Crippen LogP contribution in [0.15, 0.2) is 55.2 Å². The molecular weight excluding hydrogens is 262 g/mol. The van der Waals surface area contributed by atoms with Crippen LogP contribution in [0.3, 0.4) is 0 Å². The van der Waals surface area contributed by atoms with E-state index in [-0.39, 0.29) is 6.04 Å². The maximum Gasteiger partial charge on any atom is 0.0950 e. The molecule has 0 bridgehead atoms. The predicted molar refractivity (Wildman–Crippen MR) is 82.4 cm³/mol. The van der Waals surface area contributed by atoms with Gasteiger partial charge >= 0.3 is 0 Å². The Labute approximate surface area is 124 Å². The van der Waals surface area contributed by atoms with E-state index in [4.69, 9.17) is 5.73 Å². The van der Waals surface area contributed by atoms with E-state index in [0.29, 0.717) is 0 Å². The smallest absolute Gasteiger partial charge is 0.0950 e. The Morgan fingerprint density at radius 1 is 1.19 bits per heavy atom. The number of hydrogen-bond donors (Lipinski definition) is 1. The molecule has 0 aliphatic rings. The Bertz CT molecular complexity index is 698. The Kier molecular flexibility index (Phi) is 3.83. The fourth-order valence-electron chi connectivity index (χ4n) is 2.44. The summed E-state index contributed by atoms with van der Waals surface area (Å²) in [7, 11) is 1.91. The van der Waals surface area contributed by atoms with Gasteiger partial charge in [0.15, 0.2) is 0 Å². The monoisotopic (exact) mass is 281 g/mol. The first-order chi connectivity index (χ1) is 10.2. The fraction of sp³-hybridized carbons (Fsp3) is 0.250. The van der Waals surface area contributed by atoms with Crippen LogP contribution in [-0.4, -0.2) is 19.3 Å². The molecule has 2 N–H and O–H groups in total. The van der Waals surface area contributed by atoms with E-state index in [1.807, 2.05) is 50.2 Å². The predicted octanol–water partition coefficient (Wildman–Crippen LogP) is 2.37. The van der Waals surface area contributed by atoms with Gasteiger partial charge in [-0.05, 0) is 12.0 Å². The van der Waals surface area contributed by atoms with Gasteiger partial charge in [0.2, 0.25) is 0 Å². The molecule has 2 heterocycles. The van der Waals surface area contributed by atoms with Crippen molar-refractivity contribution >= 4 is 0 Å². The van der Waals surface area contributed by atoms with Crippen LogP contribution in [0.2, 0.25) is 0 Å². The van der Waals surface area contributed by atoms with Gasteiger partial charge in [0.1, 0.15) is 0 Å². The largest absolute Gasteiger partial charge is 0.330 e. The molecule has 0 aliphatic carbocycles. The minimum Gasteiger partial charge on any atom is -0.330 e.